The second-order valence-electron chi connectivity index (χ2n) is 3.96. The van der Waals surface area contributed by atoms with Crippen LogP contribution in [-0.4, -0.2) is 34.0 Å². The van der Waals surface area contributed by atoms with E-state index in [4.69, 9.17) is 20.6 Å². The lowest BCUT2D eigenvalue weighted by atomic mass is 10.2. The first-order valence-electron chi connectivity index (χ1n) is 6.24. The Balaban J connectivity index is 2.58. The summed E-state index contributed by atoms with van der Waals surface area (Å²) in [6.45, 7) is 2.77. The molecule has 0 heterocycles. The summed E-state index contributed by atoms with van der Waals surface area (Å²) in [4.78, 5) is 0. The molecule has 4 heteroatoms. The molecule has 0 unspecified atom stereocenters. The first-order valence-corrected chi connectivity index (χ1v) is 6.24. The highest BCUT2D eigenvalue weighted by atomic mass is 16.5. The number of nitrogens with one attached hydrogen (secondary N) is 1. The Hall–Kier alpha value is -1.70. The van der Waals surface area contributed by atoms with E-state index in [0.717, 1.165) is 30.2 Å². The molecule has 1 aromatic carbocycles. The van der Waals surface area contributed by atoms with E-state index in [1.165, 1.54) is 0 Å². The Morgan fingerprint density at radius 1 is 1.21 bits per heavy atom. The maximum Gasteiger partial charge on any atom is 0.161 e. The second kappa shape index (κ2) is 9.26. The number of terminal acetylenes is 1. The zero-order valence-corrected chi connectivity index (χ0v) is 11.6. The fraction of sp³-hybridized carbons (Fsp3) is 0.467. The average molecular weight is 263 g/mol. The Labute approximate surface area is 115 Å². The van der Waals surface area contributed by atoms with Gasteiger partial charge in [0.2, 0.25) is 0 Å². The van der Waals surface area contributed by atoms with E-state index >= 15 is 0 Å². The molecule has 0 aliphatic heterocycles. The van der Waals surface area contributed by atoms with E-state index in [1.54, 1.807) is 14.2 Å². The van der Waals surface area contributed by atoms with Crippen molar-refractivity contribution in [3.63, 3.8) is 0 Å². The van der Waals surface area contributed by atoms with Crippen LogP contribution in [0, 0.1) is 12.3 Å². The van der Waals surface area contributed by atoms with Crippen molar-refractivity contribution in [3.05, 3.63) is 23.8 Å². The molecule has 0 aromatic heterocycles. The topological polar surface area (TPSA) is 39.7 Å². The summed E-state index contributed by atoms with van der Waals surface area (Å²) in [6.07, 6.45) is 5.79. The fourth-order valence-corrected chi connectivity index (χ4v) is 1.57. The zero-order chi connectivity index (χ0) is 13.9. The summed E-state index contributed by atoms with van der Waals surface area (Å²) in [7, 11) is 3.31. The van der Waals surface area contributed by atoms with Crippen molar-refractivity contribution in [2.75, 3.05) is 34.0 Å². The minimum atomic E-state index is 0.493. The van der Waals surface area contributed by atoms with E-state index in [2.05, 4.69) is 11.2 Å². The van der Waals surface area contributed by atoms with Crippen molar-refractivity contribution in [1.29, 1.82) is 0 Å². The standard InChI is InChI=1S/C15H21NO3/c1-4-5-9-19-15-11-13(6-7-14(15)18-3)12-16-8-10-17-2/h1,6-7,11,16H,5,8-10,12H2,2-3H3. The van der Waals surface area contributed by atoms with Gasteiger partial charge in [-0.1, -0.05) is 6.07 Å². The largest absolute Gasteiger partial charge is 0.493 e. The molecule has 4 nitrogen and oxygen atoms in total. The lowest BCUT2D eigenvalue weighted by Gasteiger charge is -2.12. The summed E-state index contributed by atoms with van der Waals surface area (Å²) < 4.78 is 15.9. The third kappa shape index (κ3) is 5.64. The zero-order valence-electron chi connectivity index (χ0n) is 11.6. The fourth-order valence-electron chi connectivity index (χ4n) is 1.57. The molecule has 0 radical (unpaired) electrons. The Morgan fingerprint density at radius 3 is 2.74 bits per heavy atom. The number of hydrogen-bond donors (Lipinski definition) is 1. The van der Waals surface area contributed by atoms with Crippen LogP contribution in [0.4, 0.5) is 0 Å². The number of ether oxygens (including phenoxy) is 3. The molecule has 0 atom stereocenters. The smallest absolute Gasteiger partial charge is 0.161 e. The number of benzene rings is 1. The van der Waals surface area contributed by atoms with E-state index in [0.29, 0.717) is 19.6 Å². The monoisotopic (exact) mass is 263 g/mol. The summed E-state index contributed by atoms with van der Waals surface area (Å²) in [5.41, 5.74) is 1.13. The van der Waals surface area contributed by atoms with Gasteiger partial charge < -0.3 is 19.5 Å². The SMILES string of the molecule is C#CCCOc1cc(CNCCOC)ccc1OC. The third-order valence-electron chi connectivity index (χ3n) is 2.54. The number of methoxy groups -OCH3 is 2. The molecule has 0 amide bonds. The van der Waals surface area contributed by atoms with E-state index in [9.17, 15) is 0 Å². The summed E-state index contributed by atoms with van der Waals surface area (Å²) in [5.74, 6) is 3.99. The van der Waals surface area contributed by atoms with Crippen molar-refractivity contribution in [1.82, 2.24) is 5.32 Å². The van der Waals surface area contributed by atoms with Crippen LogP contribution in [0.15, 0.2) is 18.2 Å². The summed E-state index contributed by atoms with van der Waals surface area (Å²) in [6, 6.07) is 5.88. The van der Waals surface area contributed by atoms with Gasteiger partial charge in [0, 0.05) is 26.6 Å². The van der Waals surface area contributed by atoms with Crippen molar-refractivity contribution < 1.29 is 14.2 Å². The van der Waals surface area contributed by atoms with Gasteiger partial charge >= 0.3 is 0 Å². The molecule has 0 aliphatic rings. The van der Waals surface area contributed by atoms with Crippen LogP contribution in [0.3, 0.4) is 0 Å². The lowest BCUT2D eigenvalue weighted by molar-refractivity contribution is 0.199. The number of rotatable bonds is 9. The molecule has 19 heavy (non-hydrogen) atoms. The van der Waals surface area contributed by atoms with Crippen LogP contribution in [0.2, 0.25) is 0 Å². The van der Waals surface area contributed by atoms with Gasteiger partial charge in [-0.05, 0) is 17.7 Å². The third-order valence-corrected chi connectivity index (χ3v) is 2.54. The Morgan fingerprint density at radius 2 is 2.05 bits per heavy atom. The molecule has 0 saturated carbocycles. The summed E-state index contributed by atoms with van der Waals surface area (Å²) in [5, 5.41) is 3.28. The predicted molar refractivity (Wildman–Crippen MR) is 75.5 cm³/mol. The molecule has 104 valence electrons. The Bertz CT molecular complexity index is 412. The van der Waals surface area contributed by atoms with Crippen LogP contribution in [0.1, 0.15) is 12.0 Å². The first kappa shape index (κ1) is 15.4. The molecule has 1 N–H and O–H groups in total. The average Bonchev–Trinajstić information content (AvgIpc) is 2.44. The van der Waals surface area contributed by atoms with Crippen LogP contribution >= 0.6 is 0 Å². The van der Waals surface area contributed by atoms with Crippen LogP contribution < -0.4 is 14.8 Å². The van der Waals surface area contributed by atoms with Crippen molar-refractivity contribution in [3.8, 4) is 23.8 Å². The van der Waals surface area contributed by atoms with Crippen molar-refractivity contribution in [2.24, 2.45) is 0 Å². The van der Waals surface area contributed by atoms with Crippen LogP contribution in [-0.2, 0) is 11.3 Å². The molecule has 0 saturated heterocycles. The van der Waals surface area contributed by atoms with Gasteiger partial charge in [0.15, 0.2) is 11.5 Å². The van der Waals surface area contributed by atoms with Gasteiger partial charge in [-0.2, -0.15) is 0 Å². The normalized spacial score (nSPS) is 9.95. The van der Waals surface area contributed by atoms with Gasteiger partial charge in [0.25, 0.3) is 0 Å². The highest BCUT2D eigenvalue weighted by molar-refractivity contribution is 5.43. The molecule has 0 bridgehead atoms. The molecule has 1 rings (SSSR count). The summed E-state index contributed by atoms with van der Waals surface area (Å²) >= 11 is 0. The number of hydrogen-bond acceptors (Lipinski definition) is 4. The second-order valence-corrected chi connectivity index (χ2v) is 3.96. The van der Waals surface area contributed by atoms with Gasteiger partial charge in [0.05, 0.1) is 20.3 Å². The highest BCUT2D eigenvalue weighted by Gasteiger charge is 2.05. The maximum absolute atomic E-state index is 5.62. The van der Waals surface area contributed by atoms with Crippen LogP contribution in [0.25, 0.3) is 0 Å². The van der Waals surface area contributed by atoms with Crippen molar-refractivity contribution in [2.45, 2.75) is 13.0 Å². The van der Waals surface area contributed by atoms with E-state index in [-0.39, 0.29) is 0 Å². The van der Waals surface area contributed by atoms with Gasteiger partial charge in [0.1, 0.15) is 0 Å². The molecule has 0 aliphatic carbocycles. The van der Waals surface area contributed by atoms with Gasteiger partial charge in [-0.15, -0.1) is 12.3 Å². The van der Waals surface area contributed by atoms with Crippen molar-refractivity contribution >= 4 is 0 Å². The van der Waals surface area contributed by atoms with Crippen LogP contribution in [0.5, 0.6) is 11.5 Å². The maximum atomic E-state index is 5.62. The minimum Gasteiger partial charge on any atom is -0.493 e. The quantitative estimate of drug-likeness (QED) is 0.545. The predicted octanol–water partition coefficient (Wildman–Crippen LogP) is 1.83. The molecular formula is C15H21NO3. The van der Waals surface area contributed by atoms with Gasteiger partial charge in [-0.3, -0.25) is 0 Å². The molecular weight excluding hydrogens is 242 g/mol. The minimum absolute atomic E-state index is 0.493. The molecule has 0 fully saturated rings. The van der Waals surface area contributed by atoms with Gasteiger partial charge in [-0.25, -0.2) is 0 Å². The first-order chi connectivity index (χ1) is 9.31. The Kier molecular flexibility index (Phi) is 7.48. The van der Waals surface area contributed by atoms with E-state index < -0.39 is 0 Å². The molecule has 1 aromatic rings. The highest BCUT2D eigenvalue weighted by Crippen LogP contribution is 2.28. The van der Waals surface area contributed by atoms with E-state index in [1.807, 2.05) is 18.2 Å². The lowest BCUT2D eigenvalue weighted by Crippen LogP contribution is -2.18. The molecule has 0 spiro atoms.